The second kappa shape index (κ2) is 7.68. The molecular weight excluding hydrogens is 372 g/mol. The number of benzene rings is 1. The number of Topliss-reactive ketones (excluding diaryl/α,β-unsaturated/α-hetero) is 1. The van der Waals surface area contributed by atoms with Gasteiger partial charge in [-0.3, -0.25) is 19.2 Å². The number of rotatable bonds is 6. The molecule has 1 aromatic rings. The summed E-state index contributed by atoms with van der Waals surface area (Å²) in [6.07, 6.45) is -0.530. The van der Waals surface area contributed by atoms with Crippen LogP contribution in [0.25, 0.3) is 0 Å². The summed E-state index contributed by atoms with van der Waals surface area (Å²) in [6.45, 7) is 7.98. The van der Waals surface area contributed by atoms with Crippen molar-refractivity contribution >= 4 is 40.9 Å². The highest BCUT2D eigenvalue weighted by Crippen LogP contribution is 2.38. The molecular formula is C19H23ClN2O5. The van der Waals surface area contributed by atoms with E-state index in [-0.39, 0.29) is 29.1 Å². The van der Waals surface area contributed by atoms with Crippen LogP contribution in [-0.2, 0) is 19.1 Å². The van der Waals surface area contributed by atoms with Gasteiger partial charge in [0.1, 0.15) is 6.10 Å². The Morgan fingerprint density at radius 2 is 1.89 bits per heavy atom. The molecule has 0 unspecified atom stereocenters. The van der Waals surface area contributed by atoms with Crippen LogP contribution in [0.3, 0.4) is 0 Å². The number of carbonyl (C=O) groups is 4. The van der Waals surface area contributed by atoms with E-state index in [1.165, 1.54) is 19.1 Å². The van der Waals surface area contributed by atoms with Gasteiger partial charge >= 0.3 is 5.97 Å². The minimum Gasteiger partial charge on any atom is -0.460 e. The summed E-state index contributed by atoms with van der Waals surface area (Å²) >= 11 is 5.96. The van der Waals surface area contributed by atoms with Crippen molar-refractivity contribution in [3.05, 3.63) is 28.8 Å². The molecule has 1 aliphatic heterocycles. The Labute approximate surface area is 162 Å². The van der Waals surface area contributed by atoms with E-state index in [0.717, 1.165) is 0 Å². The van der Waals surface area contributed by atoms with Crippen LogP contribution in [0.1, 0.15) is 45.0 Å². The minimum absolute atomic E-state index is 0.151. The molecule has 2 rings (SSSR count). The van der Waals surface area contributed by atoms with Gasteiger partial charge in [-0.25, -0.2) is 0 Å². The number of ether oxygens (including phenoxy) is 1. The summed E-state index contributed by atoms with van der Waals surface area (Å²) in [5.74, 6) is -1.85. The van der Waals surface area contributed by atoms with Gasteiger partial charge in [0.25, 0.3) is 5.91 Å². The van der Waals surface area contributed by atoms with Gasteiger partial charge in [-0.2, -0.15) is 0 Å². The van der Waals surface area contributed by atoms with E-state index >= 15 is 0 Å². The van der Waals surface area contributed by atoms with Crippen molar-refractivity contribution < 1.29 is 23.9 Å². The Balaban J connectivity index is 2.15. The lowest BCUT2D eigenvalue weighted by atomic mass is 9.72. The van der Waals surface area contributed by atoms with E-state index in [0.29, 0.717) is 10.7 Å². The maximum Gasteiger partial charge on any atom is 0.312 e. The summed E-state index contributed by atoms with van der Waals surface area (Å²) in [5, 5.41) is 5.52. The van der Waals surface area contributed by atoms with E-state index in [9.17, 15) is 19.2 Å². The first-order valence-corrected chi connectivity index (χ1v) is 8.95. The third kappa shape index (κ3) is 4.30. The summed E-state index contributed by atoms with van der Waals surface area (Å²) in [7, 11) is 0. The maximum atomic E-state index is 12.8. The first kappa shape index (κ1) is 20.9. The molecule has 0 radical (unpaired) electrons. The van der Waals surface area contributed by atoms with Crippen LogP contribution in [0.15, 0.2) is 18.2 Å². The molecule has 1 fully saturated rings. The molecule has 1 heterocycles. The van der Waals surface area contributed by atoms with Crippen LogP contribution in [0, 0.1) is 11.3 Å². The molecule has 2 N–H and O–H groups in total. The van der Waals surface area contributed by atoms with Crippen molar-refractivity contribution in [2.75, 3.05) is 5.32 Å². The molecule has 0 aliphatic carbocycles. The van der Waals surface area contributed by atoms with Crippen LogP contribution >= 0.6 is 11.6 Å². The second-order valence-corrected chi connectivity index (χ2v) is 7.73. The fourth-order valence-corrected chi connectivity index (χ4v) is 3.37. The normalized spacial score (nSPS) is 20.1. The molecule has 0 spiro atoms. The molecule has 0 saturated carbocycles. The van der Waals surface area contributed by atoms with Crippen molar-refractivity contribution in [1.29, 1.82) is 0 Å². The zero-order chi connectivity index (χ0) is 20.5. The van der Waals surface area contributed by atoms with Crippen LogP contribution < -0.4 is 10.6 Å². The Hall–Kier alpha value is -2.41. The Morgan fingerprint density at radius 3 is 2.41 bits per heavy atom. The molecule has 0 aromatic heterocycles. The lowest BCUT2D eigenvalue weighted by Gasteiger charge is -2.43. The minimum atomic E-state index is -0.950. The number of nitrogens with one attached hydrogen (secondary N) is 2. The summed E-state index contributed by atoms with van der Waals surface area (Å²) in [6, 6.07) is 3.65. The number of hydrogen-bond donors (Lipinski definition) is 2. The zero-order valence-corrected chi connectivity index (χ0v) is 16.6. The number of carbonyl (C=O) groups excluding carboxylic acids is 4. The van der Waals surface area contributed by atoms with Gasteiger partial charge in [-0.05, 0) is 45.9 Å². The van der Waals surface area contributed by atoms with Crippen molar-refractivity contribution in [2.45, 2.75) is 46.8 Å². The molecule has 1 aromatic carbocycles. The highest BCUT2D eigenvalue weighted by Gasteiger charge is 2.52. The predicted octanol–water partition coefficient (Wildman–Crippen LogP) is 2.57. The Morgan fingerprint density at radius 1 is 1.26 bits per heavy atom. The average molecular weight is 395 g/mol. The molecule has 27 heavy (non-hydrogen) atoms. The number of amides is 2. The molecule has 7 nitrogen and oxygen atoms in total. The number of halogens is 1. The van der Waals surface area contributed by atoms with Gasteiger partial charge in [-0.1, -0.05) is 11.6 Å². The largest absolute Gasteiger partial charge is 0.460 e. The monoisotopic (exact) mass is 394 g/mol. The Bertz CT molecular complexity index is 805. The second-order valence-electron chi connectivity index (χ2n) is 7.30. The quantitative estimate of drug-likeness (QED) is 0.722. The van der Waals surface area contributed by atoms with Crippen molar-refractivity contribution in [1.82, 2.24) is 5.32 Å². The summed E-state index contributed by atoms with van der Waals surface area (Å²) in [5.41, 5.74) is -0.502. The smallest absolute Gasteiger partial charge is 0.312 e. The van der Waals surface area contributed by atoms with Crippen molar-refractivity contribution in [3.63, 3.8) is 0 Å². The van der Waals surface area contributed by atoms with Gasteiger partial charge in [0.15, 0.2) is 5.78 Å². The number of cyclic esters (lactones) is 1. The van der Waals surface area contributed by atoms with Gasteiger partial charge < -0.3 is 15.4 Å². The van der Waals surface area contributed by atoms with Crippen LogP contribution in [-0.4, -0.2) is 35.7 Å². The molecule has 1 aliphatic rings. The van der Waals surface area contributed by atoms with E-state index in [2.05, 4.69) is 10.6 Å². The van der Waals surface area contributed by atoms with Gasteiger partial charge in [0.2, 0.25) is 5.91 Å². The van der Waals surface area contributed by atoms with Gasteiger partial charge in [0.05, 0.1) is 28.6 Å². The number of hydrogen-bond acceptors (Lipinski definition) is 5. The van der Waals surface area contributed by atoms with Crippen LogP contribution in [0.4, 0.5) is 5.69 Å². The predicted molar refractivity (Wildman–Crippen MR) is 101 cm³/mol. The fourth-order valence-electron chi connectivity index (χ4n) is 3.20. The third-order valence-electron chi connectivity index (χ3n) is 4.69. The standard InChI is InChI=1S/C19H23ClN2O5/c1-9-16(27-18(9)26)19(4,5)15(24)10(2)21-17(25)13-8-12(20)6-7-14(13)22-11(3)23/h6-10,16H,1-5H3,(H,21,25)(H,22,23)/t9-,10-,16+/m0/s1. The van der Waals surface area contributed by atoms with E-state index in [1.54, 1.807) is 33.8 Å². The van der Waals surface area contributed by atoms with Gasteiger partial charge in [0, 0.05) is 11.9 Å². The number of ketones is 1. The van der Waals surface area contributed by atoms with Gasteiger partial charge in [-0.15, -0.1) is 0 Å². The summed E-state index contributed by atoms with van der Waals surface area (Å²) < 4.78 is 5.12. The highest BCUT2D eigenvalue weighted by atomic mass is 35.5. The fraction of sp³-hybridized carbons (Fsp3) is 0.474. The molecule has 1 saturated heterocycles. The molecule has 146 valence electrons. The third-order valence-corrected chi connectivity index (χ3v) is 4.93. The maximum absolute atomic E-state index is 12.8. The topological polar surface area (TPSA) is 102 Å². The lowest BCUT2D eigenvalue weighted by Crippen LogP contribution is -2.58. The first-order chi connectivity index (χ1) is 12.4. The summed E-state index contributed by atoms with van der Waals surface area (Å²) in [4.78, 5) is 48.2. The SMILES string of the molecule is CC(=O)Nc1ccc(Cl)cc1C(=O)N[C@@H](C)C(=O)C(C)(C)[C@@H]1OC(=O)[C@H]1C. The van der Waals surface area contributed by atoms with E-state index in [1.807, 2.05) is 0 Å². The highest BCUT2D eigenvalue weighted by molar-refractivity contribution is 6.31. The van der Waals surface area contributed by atoms with E-state index in [4.69, 9.17) is 16.3 Å². The molecule has 2 amide bonds. The molecule has 8 heteroatoms. The Kier molecular flexibility index (Phi) is 5.94. The number of esters is 1. The number of anilines is 1. The van der Waals surface area contributed by atoms with Crippen LogP contribution in [0.2, 0.25) is 5.02 Å². The van der Waals surface area contributed by atoms with Crippen molar-refractivity contribution in [2.24, 2.45) is 11.3 Å². The average Bonchev–Trinajstić information content (AvgIpc) is 2.59. The first-order valence-electron chi connectivity index (χ1n) is 8.58. The van der Waals surface area contributed by atoms with Crippen LogP contribution in [0.5, 0.6) is 0 Å². The zero-order valence-electron chi connectivity index (χ0n) is 15.9. The lowest BCUT2D eigenvalue weighted by molar-refractivity contribution is -0.198. The molecule has 0 bridgehead atoms. The van der Waals surface area contributed by atoms with Crippen molar-refractivity contribution in [3.8, 4) is 0 Å². The van der Waals surface area contributed by atoms with E-state index < -0.39 is 23.5 Å². The molecule has 3 atom stereocenters.